The molecule has 19 heavy (non-hydrogen) atoms. The van der Waals surface area contributed by atoms with E-state index in [1.807, 2.05) is 12.1 Å². The highest BCUT2D eigenvalue weighted by Crippen LogP contribution is 2.35. The van der Waals surface area contributed by atoms with Crippen LogP contribution in [0.15, 0.2) is 30.5 Å². The van der Waals surface area contributed by atoms with Gasteiger partial charge in [0.1, 0.15) is 6.20 Å². The number of hydrogen-bond acceptors (Lipinski definition) is 4. The minimum Gasteiger partial charge on any atom is -0.362 e. The first-order valence-corrected chi connectivity index (χ1v) is 6.15. The number of aryl methyl sites for hydroxylation is 1. The van der Waals surface area contributed by atoms with Crippen molar-refractivity contribution in [1.29, 1.82) is 0 Å². The van der Waals surface area contributed by atoms with Crippen molar-refractivity contribution in [2.45, 2.75) is 12.3 Å². The topological polar surface area (TPSA) is 73.0 Å². The van der Waals surface area contributed by atoms with E-state index in [1.54, 1.807) is 7.05 Å². The van der Waals surface area contributed by atoms with Crippen LogP contribution in [-0.2, 0) is 13.5 Å². The summed E-state index contributed by atoms with van der Waals surface area (Å²) < 4.78 is 1.45. The maximum atomic E-state index is 10.9. The Morgan fingerprint density at radius 2 is 2.32 bits per heavy atom. The first-order valence-electron chi connectivity index (χ1n) is 6.15. The third kappa shape index (κ3) is 2.05. The van der Waals surface area contributed by atoms with E-state index < -0.39 is 4.92 Å². The second kappa shape index (κ2) is 4.38. The average Bonchev–Trinajstić information content (AvgIpc) is 2.72. The number of fused-ring (bicyclic) bond motifs is 1. The first kappa shape index (κ1) is 11.7. The van der Waals surface area contributed by atoms with Crippen molar-refractivity contribution in [1.82, 2.24) is 9.78 Å². The molecular weight excluding hydrogens is 244 g/mol. The molecule has 0 radical (unpaired) electrons. The normalized spacial score (nSPS) is 16.6. The molecule has 1 N–H and O–H groups in total. The molecule has 0 saturated carbocycles. The maximum Gasteiger partial charge on any atom is 0.330 e. The molecule has 6 nitrogen and oxygen atoms in total. The summed E-state index contributed by atoms with van der Waals surface area (Å²) in [6.45, 7) is 0.675. The molecule has 1 unspecified atom stereocenters. The molecule has 1 atom stereocenters. The van der Waals surface area contributed by atoms with E-state index >= 15 is 0 Å². The Labute approximate surface area is 110 Å². The quantitative estimate of drug-likeness (QED) is 0.673. The zero-order chi connectivity index (χ0) is 13.4. The third-order valence-corrected chi connectivity index (χ3v) is 3.48. The standard InChI is InChI=1S/C13H14N4O2/c1-16-8-12(17(18)19)13(15-16)14-7-10-6-9-4-2-3-5-11(9)10/h2-5,8,10H,6-7H2,1H3,(H,14,15). The molecule has 1 heterocycles. The highest BCUT2D eigenvalue weighted by Gasteiger charge is 2.26. The fraction of sp³-hybridized carbons (Fsp3) is 0.308. The second-order valence-electron chi connectivity index (χ2n) is 4.77. The number of aromatic nitrogens is 2. The summed E-state index contributed by atoms with van der Waals surface area (Å²) in [5, 5.41) is 18.0. The molecule has 0 fully saturated rings. The summed E-state index contributed by atoms with van der Waals surface area (Å²) in [6.07, 6.45) is 2.43. The van der Waals surface area contributed by atoms with Crippen molar-refractivity contribution in [2.75, 3.05) is 11.9 Å². The van der Waals surface area contributed by atoms with Crippen LogP contribution < -0.4 is 5.32 Å². The molecule has 98 valence electrons. The Morgan fingerprint density at radius 1 is 1.53 bits per heavy atom. The van der Waals surface area contributed by atoms with E-state index in [4.69, 9.17) is 0 Å². The Hall–Kier alpha value is -2.37. The summed E-state index contributed by atoms with van der Waals surface area (Å²) in [5.74, 6) is 0.759. The maximum absolute atomic E-state index is 10.9. The van der Waals surface area contributed by atoms with Crippen molar-refractivity contribution in [3.05, 3.63) is 51.7 Å². The van der Waals surface area contributed by atoms with Crippen LogP contribution in [0.3, 0.4) is 0 Å². The van der Waals surface area contributed by atoms with Gasteiger partial charge in [-0.1, -0.05) is 24.3 Å². The van der Waals surface area contributed by atoms with Gasteiger partial charge in [0.2, 0.25) is 5.82 Å². The Kier molecular flexibility index (Phi) is 2.70. The van der Waals surface area contributed by atoms with Crippen LogP contribution in [0.5, 0.6) is 0 Å². The van der Waals surface area contributed by atoms with Crippen LogP contribution in [0.1, 0.15) is 17.0 Å². The fourth-order valence-corrected chi connectivity index (χ4v) is 2.50. The molecule has 1 aromatic carbocycles. The van der Waals surface area contributed by atoms with Crippen LogP contribution in [0.4, 0.5) is 11.5 Å². The predicted molar refractivity (Wildman–Crippen MR) is 71.2 cm³/mol. The van der Waals surface area contributed by atoms with E-state index in [-0.39, 0.29) is 5.69 Å². The highest BCUT2D eigenvalue weighted by molar-refractivity contribution is 5.55. The molecule has 0 bridgehead atoms. The summed E-state index contributed by atoms with van der Waals surface area (Å²) in [4.78, 5) is 10.5. The average molecular weight is 258 g/mol. The molecule has 2 aromatic rings. The molecule has 0 aliphatic heterocycles. The fourth-order valence-electron chi connectivity index (χ4n) is 2.50. The van der Waals surface area contributed by atoms with Gasteiger partial charge in [-0.2, -0.15) is 0 Å². The van der Waals surface area contributed by atoms with Gasteiger partial charge in [0.15, 0.2) is 0 Å². The van der Waals surface area contributed by atoms with Gasteiger partial charge in [-0.25, -0.2) is 0 Å². The number of nitrogens with zero attached hydrogens (tertiary/aromatic N) is 3. The predicted octanol–water partition coefficient (Wildman–Crippen LogP) is 2.08. The zero-order valence-corrected chi connectivity index (χ0v) is 10.5. The van der Waals surface area contributed by atoms with Gasteiger partial charge < -0.3 is 5.32 Å². The Balaban J connectivity index is 1.70. The van der Waals surface area contributed by atoms with E-state index in [0.717, 1.165) is 6.42 Å². The third-order valence-electron chi connectivity index (χ3n) is 3.48. The van der Waals surface area contributed by atoms with E-state index in [9.17, 15) is 10.1 Å². The number of anilines is 1. The summed E-state index contributed by atoms with van der Waals surface area (Å²) in [6, 6.07) is 8.29. The van der Waals surface area contributed by atoms with Crippen LogP contribution in [0, 0.1) is 10.1 Å². The monoisotopic (exact) mass is 258 g/mol. The molecule has 6 heteroatoms. The van der Waals surface area contributed by atoms with Crippen LogP contribution >= 0.6 is 0 Å². The summed E-state index contributed by atoms with van der Waals surface area (Å²) in [7, 11) is 1.68. The zero-order valence-electron chi connectivity index (χ0n) is 10.5. The Morgan fingerprint density at radius 3 is 3.05 bits per heavy atom. The molecule has 1 aliphatic carbocycles. The highest BCUT2D eigenvalue weighted by atomic mass is 16.6. The van der Waals surface area contributed by atoms with Crippen molar-refractivity contribution < 1.29 is 4.92 Å². The van der Waals surface area contributed by atoms with Crippen molar-refractivity contribution in [2.24, 2.45) is 7.05 Å². The van der Waals surface area contributed by atoms with Crippen LogP contribution in [0.2, 0.25) is 0 Å². The number of benzene rings is 1. The van der Waals surface area contributed by atoms with E-state index in [1.165, 1.54) is 22.0 Å². The van der Waals surface area contributed by atoms with Crippen LogP contribution in [-0.4, -0.2) is 21.2 Å². The smallest absolute Gasteiger partial charge is 0.330 e. The summed E-state index contributed by atoms with van der Waals surface area (Å²) in [5.41, 5.74) is 2.72. The Bertz CT molecular complexity index is 635. The molecule has 0 amide bonds. The van der Waals surface area contributed by atoms with E-state index in [0.29, 0.717) is 18.3 Å². The summed E-state index contributed by atoms with van der Waals surface area (Å²) >= 11 is 0. The number of nitro groups is 1. The number of nitrogens with one attached hydrogen (secondary N) is 1. The molecule has 0 spiro atoms. The minimum atomic E-state index is -0.413. The van der Waals surface area contributed by atoms with Gasteiger partial charge in [0, 0.05) is 19.5 Å². The largest absolute Gasteiger partial charge is 0.362 e. The molecule has 1 aromatic heterocycles. The lowest BCUT2D eigenvalue weighted by molar-refractivity contribution is -0.384. The number of rotatable bonds is 4. The lowest BCUT2D eigenvalue weighted by Crippen LogP contribution is -2.24. The van der Waals surface area contributed by atoms with Crippen molar-refractivity contribution in [3.63, 3.8) is 0 Å². The SMILES string of the molecule is Cn1cc([N+](=O)[O-])c(NCC2Cc3ccccc32)n1. The molecular formula is C13H14N4O2. The lowest BCUT2D eigenvalue weighted by atomic mass is 9.77. The van der Waals surface area contributed by atoms with Gasteiger partial charge in [0.25, 0.3) is 0 Å². The van der Waals surface area contributed by atoms with E-state index in [2.05, 4.69) is 22.5 Å². The van der Waals surface area contributed by atoms with Crippen molar-refractivity contribution >= 4 is 11.5 Å². The van der Waals surface area contributed by atoms with Crippen LogP contribution in [0.25, 0.3) is 0 Å². The second-order valence-corrected chi connectivity index (χ2v) is 4.77. The van der Waals surface area contributed by atoms with Crippen molar-refractivity contribution in [3.8, 4) is 0 Å². The van der Waals surface area contributed by atoms with Gasteiger partial charge in [0.05, 0.1) is 4.92 Å². The molecule has 1 aliphatic rings. The van der Waals surface area contributed by atoms with Gasteiger partial charge >= 0.3 is 5.69 Å². The molecule has 0 saturated heterocycles. The van der Waals surface area contributed by atoms with Gasteiger partial charge in [-0.15, -0.1) is 5.10 Å². The minimum absolute atomic E-state index is 0.0232. The number of hydrogen-bond donors (Lipinski definition) is 1. The van der Waals surface area contributed by atoms with Gasteiger partial charge in [-0.05, 0) is 17.5 Å². The first-order chi connectivity index (χ1) is 9.15. The molecule has 3 rings (SSSR count). The van der Waals surface area contributed by atoms with Gasteiger partial charge in [-0.3, -0.25) is 14.8 Å². The lowest BCUT2D eigenvalue weighted by Gasteiger charge is -2.30.